The van der Waals surface area contributed by atoms with Crippen LogP contribution in [0.25, 0.3) is 0 Å². The number of ether oxygens (including phenoxy) is 3. The number of carbonyl (C=O) groups is 1. The Morgan fingerprint density at radius 1 is 1.09 bits per heavy atom. The van der Waals surface area contributed by atoms with E-state index in [0.29, 0.717) is 42.8 Å². The van der Waals surface area contributed by atoms with Gasteiger partial charge in [-0.1, -0.05) is 74.0 Å². The van der Waals surface area contributed by atoms with E-state index in [4.69, 9.17) is 19.9 Å². The zero-order valence-electron chi connectivity index (χ0n) is 29.2. The van der Waals surface area contributed by atoms with E-state index in [9.17, 15) is 9.90 Å². The molecule has 5 rings (SSSR count). The quantitative estimate of drug-likeness (QED) is 0.283. The van der Waals surface area contributed by atoms with Crippen molar-refractivity contribution in [2.75, 3.05) is 26.9 Å². The van der Waals surface area contributed by atoms with Crippen molar-refractivity contribution in [3.63, 3.8) is 0 Å². The van der Waals surface area contributed by atoms with E-state index in [0.717, 1.165) is 45.1 Å². The highest BCUT2D eigenvalue weighted by Gasteiger charge is 2.71. The minimum absolute atomic E-state index is 0.0396. The molecule has 0 radical (unpaired) electrons. The van der Waals surface area contributed by atoms with Crippen molar-refractivity contribution in [1.82, 2.24) is 0 Å². The first-order chi connectivity index (χ1) is 19.9. The number of methoxy groups -OCH3 is 1. The molecule has 12 atom stereocenters. The predicted octanol–water partition coefficient (Wildman–Crippen LogP) is 7.35. The zero-order valence-corrected chi connectivity index (χ0v) is 29.2. The molecule has 3 N–H and O–H groups in total. The molecule has 5 aliphatic rings. The van der Waals surface area contributed by atoms with Crippen molar-refractivity contribution >= 4 is 5.97 Å². The number of carboxylic acid groups (broad SMARTS) is 1. The third-order valence-corrected chi connectivity index (χ3v) is 15.3. The van der Waals surface area contributed by atoms with Crippen LogP contribution in [0.4, 0.5) is 0 Å². The monoisotopic (exact) mass is 601 g/mol. The summed E-state index contributed by atoms with van der Waals surface area (Å²) < 4.78 is 19.7. The summed E-state index contributed by atoms with van der Waals surface area (Å²) in [6.45, 7) is 24.5. The molecule has 0 aromatic rings. The summed E-state index contributed by atoms with van der Waals surface area (Å²) in [5.41, 5.74) is 6.91. The molecule has 6 nitrogen and oxygen atoms in total. The molecule has 43 heavy (non-hydrogen) atoms. The van der Waals surface area contributed by atoms with Crippen molar-refractivity contribution in [3.05, 3.63) is 11.6 Å². The van der Waals surface area contributed by atoms with Crippen molar-refractivity contribution in [2.24, 2.45) is 68.3 Å². The molecule has 246 valence electrons. The largest absolute Gasteiger partial charge is 0.481 e. The van der Waals surface area contributed by atoms with E-state index in [1.165, 1.54) is 0 Å². The lowest BCUT2D eigenvalue weighted by Gasteiger charge is -2.71. The van der Waals surface area contributed by atoms with Gasteiger partial charge in [0.2, 0.25) is 0 Å². The van der Waals surface area contributed by atoms with Crippen molar-refractivity contribution in [1.29, 1.82) is 0 Å². The Labute approximate surface area is 262 Å². The van der Waals surface area contributed by atoms with E-state index >= 15 is 0 Å². The third kappa shape index (κ3) is 4.57. The minimum atomic E-state index is -0.605. The number of nitrogens with two attached hydrogens (primary N) is 1. The summed E-state index contributed by atoms with van der Waals surface area (Å²) in [7, 11) is 1.84. The van der Waals surface area contributed by atoms with Crippen LogP contribution in [0.2, 0.25) is 0 Å². The molecule has 2 bridgehead atoms. The highest BCUT2D eigenvalue weighted by atomic mass is 16.5. The molecule has 0 aromatic heterocycles. The molecule has 1 heterocycles. The van der Waals surface area contributed by atoms with Crippen LogP contribution >= 0.6 is 0 Å². The van der Waals surface area contributed by atoms with Crippen molar-refractivity contribution < 1.29 is 24.1 Å². The molecule has 1 saturated heterocycles. The molecule has 4 fully saturated rings. The fraction of sp³-hybridized carbons (Fsp3) is 0.919. The zero-order chi connectivity index (χ0) is 32.0. The van der Waals surface area contributed by atoms with E-state index in [-0.39, 0.29) is 45.2 Å². The molecule has 0 unspecified atom stereocenters. The summed E-state index contributed by atoms with van der Waals surface area (Å²) in [5, 5.41) is 10.9. The van der Waals surface area contributed by atoms with Crippen LogP contribution in [0.15, 0.2) is 11.6 Å². The number of aliphatic carboxylic acids is 1. The minimum Gasteiger partial charge on any atom is -0.481 e. The second kappa shape index (κ2) is 10.8. The summed E-state index contributed by atoms with van der Waals surface area (Å²) in [5.74, 6) is 0.907. The van der Waals surface area contributed by atoms with E-state index in [1.54, 1.807) is 5.57 Å². The van der Waals surface area contributed by atoms with Gasteiger partial charge in [-0.25, -0.2) is 0 Å². The molecule has 0 aromatic carbocycles. The van der Waals surface area contributed by atoms with Crippen LogP contribution < -0.4 is 5.73 Å². The maximum atomic E-state index is 13.3. The van der Waals surface area contributed by atoms with Crippen LogP contribution in [-0.4, -0.2) is 55.8 Å². The van der Waals surface area contributed by atoms with Gasteiger partial charge in [-0.3, -0.25) is 4.79 Å². The molecular formula is C37H63NO5. The standard InChI is InChI=1S/C37H63NO5/c1-22(2)24(5)32(6)16-17-34(8)25-12-13-28-33(7)19-42-21-37(28,26(25)14-15-35(34,9)29(32)31(39)40)18-27(41-11)30(33)43-20-36(10,38)23(3)4/h14,22-25,27-30H,12-13,15-21,38H2,1-11H3,(H,39,40)/t24-,25+,27-,28+,29-,30+,32-,33-,34-,35+,36-,37-/m1/s1. The number of carboxylic acids is 1. The maximum Gasteiger partial charge on any atom is 0.307 e. The number of rotatable bonds is 8. The van der Waals surface area contributed by atoms with Crippen LogP contribution in [0.1, 0.15) is 108 Å². The predicted molar refractivity (Wildman–Crippen MR) is 172 cm³/mol. The third-order valence-electron chi connectivity index (χ3n) is 15.3. The number of hydrogen-bond acceptors (Lipinski definition) is 5. The van der Waals surface area contributed by atoms with Gasteiger partial charge in [-0.05, 0) is 91.3 Å². The van der Waals surface area contributed by atoms with E-state index in [2.05, 4.69) is 75.3 Å². The summed E-state index contributed by atoms with van der Waals surface area (Å²) >= 11 is 0. The highest BCUT2D eigenvalue weighted by Crippen LogP contribution is 2.75. The normalized spacial score (nSPS) is 48.0. The molecule has 3 saturated carbocycles. The smallest absolute Gasteiger partial charge is 0.307 e. The molecular weight excluding hydrogens is 538 g/mol. The van der Waals surface area contributed by atoms with Gasteiger partial charge in [0.05, 0.1) is 37.9 Å². The Bertz CT molecular complexity index is 1120. The van der Waals surface area contributed by atoms with Crippen molar-refractivity contribution in [3.8, 4) is 0 Å². The van der Waals surface area contributed by atoms with Crippen LogP contribution in [0.5, 0.6) is 0 Å². The van der Waals surface area contributed by atoms with Crippen LogP contribution in [-0.2, 0) is 19.0 Å². The summed E-state index contributed by atoms with van der Waals surface area (Å²) in [6, 6.07) is 0. The highest BCUT2D eigenvalue weighted by molar-refractivity contribution is 5.73. The van der Waals surface area contributed by atoms with Crippen LogP contribution in [0, 0.1) is 62.6 Å². The fourth-order valence-electron chi connectivity index (χ4n) is 11.5. The Hall–Kier alpha value is -0.950. The second-order valence-electron chi connectivity index (χ2n) is 17.7. The Balaban J connectivity index is 1.55. The molecule has 6 heteroatoms. The SMILES string of the molecule is CO[C@@H]1C[C@]23COC[C@](C)([C@@H]2CC[C@H]2C3=CC[C@@]3(C)[C@H](C(=O)O)[C@@](C)([C@H](C)C(C)C)CC[C@]23C)[C@H]1OC[C@@](C)(N)C(C)C. The second-order valence-corrected chi connectivity index (χ2v) is 17.7. The first-order valence-electron chi connectivity index (χ1n) is 17.3. The van der Waals surface area contributed by atoms with Gasteiger partial charge in [0.1, 0.15) is 0 Å². The van der Waals surface area contributed by atoms with Gasteiger partial charge < -0.3 is 25.1 Å². The molecule has 0 amide bonds. The van der Waals surface area contributed by atoms with Gasteiger partial charge in [-0.2, -0.15) is 0 Å². The topological polar surface area (TPSA) is 91.0 Å². The van der Waals surface area contributed by atoms with Crippen molar-refractivity contribution in [2.45, 2.75) is 126 Å². The molecule has 4 aliphatic carbocycles. The lowest BCUT2D eigenvalue weighted by atomic mass is 9.34. The molecule has 1 aliphatic heterocycles. The van der Waals surface area contributed by atoms with Gasteiger partial charge >= 0.3 is 5.97 Å². The van der Waals surface area contributed by atoms with Gasteiger partial charge in [-0.15, -0.1) is 0 Å². The van der Waals surface area contributed by atoms with Crippen LogP contribution in [0.3, 0.4) is 0 Å². The van der Waals surface area contributed by atoms with E-state index < -0.39 is 11.5 Å². The maximum absolute atomic E-state index is 13.3. The molecule has 0 spiro atoms. The summed E-state index contributed by atoms with van der Waals surface area (Å²) in [4.78, 5) is 13.3. The van der Waals surface area contributed by atoms with Gasteiger partial charge in [0, 0.05) is 23.5 Å². The average Bonchev–Trinajstić information content (AvgIpc) is 2.91. The summed E-state index contributed by atoms with van der Waals surface area (Å²) in [6.07, 6.45) is 8.36. The lowest BCUT2D eigenvalue weighted by Crippen LogP contribution is -2.70. The Morgan fingerprint density at radius 2 is 1.77 bits per heavy atom. The number of fused-ring (bicyclic) bond motifs is 3. The lowest BCUT2D eigenvalue weighted by molar-refractivity contribution is -0.269. The number of hydrogen-bond donors (Lipinski definition) is 2. The number of allylic oxidation sites excluding steroid dienone is 1. The Morgan fingerprint density at radius 3 is 2.35 bits per heavy atom. The Kier molecular flexibility index (Phi) is 8.40. The first kappa shape index (κ1) is 33.4. The first-order valence-corrected chi connectivity index (χ1v) is 17.3. The van der Waals surface area contributed by atoms with Gasteiger partial charge in [0.25, 0.3) is 0 Å². The average molecular weight is 602 g/mol. The van der Waals surface area contributed by atoms with E-state index in [1.807, 2.05) is 7.11 Å². The van der Waals surface area contributed by atoms with Gasteiger partial charge in [0.15, 0.2) is 0 Å². The fourth-order valence-corrected chi connectivity index (χ4v) is 11.5.